The molecule has 0 saturated carbocycles. The van der Waals surface area contributed by atoms with Crippen molar-refractivity contribution in [2.24, 2.45) is 0 Å². The van der Waals surface area contributed by atoms with Crippen molar-refractivity contribution in [1.82, 2.24) is 15.1 Å². The lowest BCUT2D eigenvalue weighted by Gasteiger charge is -2.37. The van der Waals surface area contributed by atoms with Gasteiger partial charge in [-0.15, -0.1) is 12.4 Å². The van der Waals surface area contributed by atoms with Crippen LogP contribution in [0.4, 0.5) is 0 Å². The van der Waals surface area contributed by atoms with E-state index in [1.54, 1.807) is 0 Å². The minimum atomic E-state index is 0. The molecule has 0 bridgehead atoms. The summed E-state index contributed by atoms with van der Waals surface area (Å²) in [6.45, 7) is 12.9. The molecular formula is C18H30ClN3. The van der Waals surface area contributed by atoms with Gasteiger partial charge in [0, 0.05) is 45.3 Å². The van der Waals surface area contributed by atoms with Crippen LogP contribution in [0.5, 0.6) is 0 Å². The number of piperazine rings is 1. The second kappa shape index (κ2) is 8.30. The highest BCUT2D eigenvalue weighted by Gasteiger charge is 2.25. The summed E-state index contributed by atoms with van der Waals surface area (Å²) in [7, 11) is 0. The molecule has 2 aliphatic rings. The molecule has 124 valence electrons. The van der Waals surface area contributed by atoms with E-state index in [4.69, 9.17) is 0 Å². The van der Waals surface area contributed by atoms with Crippen LogP contribution in [-0.2, 0) is 6.54 Å². The van der Waals surface area contributed by atoms with Crippen LogP contribution in [0.2, 0.25) is 0 Å². The summed E-state index contributed by atoms with van der Waals surface area (Å²) in [4.78, 5) is 5.28. The molecule has 2 saturated heterocycles. The fourth-order valence-corrected chi connectivity index (χ4v) is 3.50. The van der Waals surface area contributed by atoms with Gasteiger partial charge in [-0.3, -0.25) is 9.80 Å². The molecule has 0 spiro atoms. The molecular weight excluding hydrogens is 294 g/mol. The molecule has 1 unspecified atom stereocenters. The van der Waals surface area contributed by atoms with Crippen molar-refractivity contribution in [2.45, 2.75) is 38.8 Å². The van der Waals surface area contributed by atoms with Crippen molar-refractivity contribution < 1.29 is 0 Å². The Morgan fingerprint density at radius 1 is 1.09 bits per heavy atom. The van der Waals surface area contributed by atoms with Gasteiger partial charge in [0.15, 0.2) is 0 Å². The Labute approximate surface area is 141 Å². The zero-order valence-corrected chi connectivity index (χ0v) is 14.7. The standard InChI is InChI=1S/C18H29N3.ClH/c1-15(2)17-5-3-16(4-6-17)14-20-9-11-21(12-10-20)18-7-8-19-13-18;/h3-6,15,18-19H,7-14H2,1-2H3;1H. The van der Waals surface area contributed by atoms with Gasteiger partial charge < -0.3 is 5.32 Å². The van der Waals surface area contributed by atoms with Gasteiger partial charge in [-0.25, -0.2) is 0 Å². The van der Waals surface area contributed by atoms with E-state index in [0.717, 1.165) is 12.6 Å². The largest absolute Gasteiger partial charge is 0.315 e. The Morgan fingerprint density at radius 2 is 1.77 bits per heavy atom. The first-order valence-corrected chi connectivity index (χ1v) is 8.48. The maximum atomic E-state index is 3.48. The van der Waals surface area contributed by atoms with Crippen LogP contribution in [0.1, 0.15) is 37.3 Å². The summed E-state index contributed by atoms with van der Waals surface area (Å²) >= 11 is 0. The monoisotopic (exact) mass is 323 g/mol. The van der Waals surface area contributed by atoms with Crippen molar-refractivity contribution in [1.29, 1.82) is 0 Å². The van der Waals surface area contributed by atoms with Crippen molar-refractivity contribution in [3.05, 3.63) is 35.4 Å². The van der Waals surface area contributed by atoms with Gasteiger partial charge in [0.1, 0.15) is 0 Å². The molecule has 3 rings (SSSR count). The first-order chi connectivity index (χ1) is 10.2. The molecule has 22 heavy (non-hydrogen) atoms. The number of nitrogens with zero attached hydrogens (tertiary/aromatic N) is 2. The van der Waals surface area contributed by atoms with Crippen molar-refractivity contribution in [2.75, 3.05) is 39.3 Å². The molecule has 1 N–H and O–H groups in total. The normalized spacial score (nSPS) is 23.7. The minimum Gasteiger partial charge on any atom is -0.315 e. The zero-order valence-electron chi connectivity index (χ0n) is 13.9. The fraction of sp³-hybridized carbons (Fsp3) is 0.667. The SMILES string of the molecule is CC(C)c1ccc(CN2CCN(C3CCNC3)CC2)cc1.Cl. The lowest BCUT2D eigenvalue weighted by molar-refractivity contribution is 0.0981. The van der Waals surface area contributed by atoms with Crippen LogP contribution in [0, 0.1) is 0 Å². The maximum Gasteiger partial charge on any atom is 0.0234 e. The predicted molar refractivity (Wildman–Crippen MR) is 95.9 cm³/mol. The molecule has 1 aromatic rings. The highest BCUT2D eigenvalue weighted by atomic mass is 35.5. The smallest absolute Gasteiger partial charge is 0.0234 e. The summed E-state index contributed by atoms with van der Waals surface area (Å²) in [5.74, 6) is 0.627. The number of hydrogen-bond acceptors (Lipinski definition) is 3. The Bertz CT molecular complexity index is 432. The Hall–Kier alpha value is -0.610. The molecule has 1 atom stereocenters. The van der Waals surface area contributed by atoms with Crippen molar-refractivity contribution in [3.63, 3.8) is 0 Å². The van der Waals surface area contributed by atoms with Crippen LogP contribution in [0.15, 0.2) is 24.3 Å². The number of rotatable bonds is 4. The van der Waals surface area contributed by atoms with E-state index in [9.17, 15) is 0 Å². The number of benzene rings is 1. The van der Waals surface area contributed by atoms with Crippen LogP contribution in [0.3, 0.4) is 0 Å². The highest BCUT2D eigenvalue weighted by molar-refractivity contribution is 5.85. The first-order valence-electron chi connectivity index (χ1n) is 8.48. The third-order valence-electron chi connectivity index (χ3n) is 5.01. The van der Waals surface area contributed by atoms with E-state index < -0.39 is 0 Å². The van der Waals surface area contributed by atoms with E-state index >= 15 is 0 Å². The van der Waals surface area contributed by atoms with E-state index in [-0.39, 0.29) is 12.4 Å². The van der Waals surface area contributed by atoms with E-state index in [2.05, 4.69) is 53.2 Å². The Morgan fingerprint density at radius 3 is 2.32 bits per heavy atom. The quantitative estimate of drug-likeness (QED) is 0.919. The van der Waals surface area contributed by atoms with Gasteiger partial charge >= 0.3 is 0 Å². The summed E-state index contributed by atoms with van der Waals surface area (Å²) in [6, 6.07) is 9.99. The van der Waals surface area contributed by atoms with E-state index in [1.807, 2.05) is 0 Å². The molecule has 0 aliphatic carbocycles. The second-order valence-electron chi connectivity index (χ2n) is 6.86. The molecule has 0 aromatic heterocycles. The predicted octanol–water partition coefficient (Wildman–Crippen LogP) is 2.71. The van der Waals surface area contributed by atoms with Gasteiger partial charge in [0.25, 0.3) is 0 Å². The minimum absolute atomic E-state index is 0. The fourth-order valence-electron chi connectivity index (χ4n) is 3.50. The third-order valence-corrected chi connectivity index (χ3v) is 5.01. The molecule has 2 aliphatic heterocycles. The molecule has 0 amide bonds. The lowest BCUT2D eigenvalue weighted by atomic mass is 10.0. The average molecular weight is 324 g/mol. The van der Waals surface area contributed by atoms with E-state index in [0.29, 0.717) is 5.92 Å². The van der Waals surface area contributed by atoms with Crippen molar-refractivity contribution >= 4 is 12.4 Å². The first kappa shape index (κ1) is 17.7. The third kappa shape index (κ3) is 4.45. The van der Waals surface area contributed by atoms with Crippen LogP contribution in [-0.4, -0.2) is 55.1 Å². The van der Waals surface area contributed by atoms with Gasteiger partial charge in [-0.05, 0) is 30.0 Å². The number of nitrogens with one attached hydrogen (secondary N) is 1. The highest BCUT2D eigenvalue weighted by Crippen LogP contribution is 2.17. The summed E-state index contributed by atoms with van der Waals surface area (Å²) in [5, 5.41) is 3.48. The van der Waals surface area contributed by atoms with Crippen molar-refractivity contribution in [3.8, 4) is 0 Å². The summed E-state index contributed by atoms with van der Waals surface area (Å²) in [6.07, 6.45) is 1.33. The molecule has 0 radical (unpaired) electrons. The lowest BCUT2D eigenvalue weighted by Crippen LogP contribution is -2.50. The molecule has 2 fully saturated rings. The van der Waals surface area contributed by atoms with Crippen LogP contribution < -0.4 is 5.32 Å². The molecule has 4 heteroatoms. The number of halogens is 1. The Kier molecular flexibility index (Phi) is 6.69. The van der Waals surface area contributed by atoms with Gasteiger partial charge in [0.2, 0.25) is 0 Å². The molecule has 3 nitrogen and oxygen atoms in total. The van der Waals surface area contributed by atoms with Gasteiger partial charge in [-0.2, -0.15) is 0 Å². The van der Waals surface area contributed by atoms with Crippen LogP contribution >= 0.6 is 12.4 Å². The molecule has 1 aromatic carbocycles. The molecule has 2 heterocycles. The Balaban J connectivity index is 0.00000176. The summed E-state index contributed by atoms with van der Waals surface area (Å²) < 4.78 is 0. The summed E-state index contributed by atoms with van der Waals surface area (Å²) in [5.41, 5.74) is 2.90. The second-order valence-corrected chi connectivity index (χ2v) is 6.86. The zero-order chi connectivity index (χ0) is 14.7. The van der Waals surface area contributed by atoms with Crippen LogP contribution in [0.25, 0.3) is 0 Å². The number of hydrogen-bond donors (Lipinski definition) is 1. The van der Waals surface area contributed by atoms with Gasteiger partial charge in [-0.1, -0.05) is 38.1 Å². The average Bonchev–Trinajstić information content (AvgIpc) is 3.03. The van der Waals surface area contributed by atoms with E-state index in [1.165, 1.54) is 56.8 Å². The van der Waals surface area contributed by atoms with Gasteiger partial charge in [0.05, 0.1) is 0 Å². The maximum absolute atomic E-state index is 3.48. The topological polar surface area (TPSA) is 18.5 Å².